The van der Waals surface area contributed by atoms with Gasteiger partial charge in [-0.3, -0.25) is 4.57 Å². The molecule has 7 nitrogen and oxygen atoms in total. The summed E-state index contributed by atoms with van der Waals surface area (Å²) < 4.78 is 5.52. The molecule has 9 rings (SSSR count). The van der Waals surface area contributed by atoms with Crippen LogP contribution in [-0.2, 0) is 6.67 Å². The molecule has 6 aromatic carbocycles. The van der Waals surface area contributed by atoms with E-state index in [0.717, 1.165) is 75.7 Å². The molecule has 0 amide bonds. The number of hydrogen-bond donors (Lipinski definition) is 2. The number of nitrogens with two attached hydrogens (primary N) is 2. The zero-order valence-corrected chi connectivity index (χ0v) is 29.0. The van der Waals surface area contributed by atoms with E-state index in [2.05, 4.69) is 99.7 Å². The third-order valence-electron chi connectivity index (χ3n) is 9.57. The Kier molecular flexibility index (Phi) is 7.71. The standard InChI is InChI=1S/C44H33N7S/c1-47-43(28-14-4-2-5-15-28)49-44(29-16-6-3-7-17-29)48-27-50-35-21-11-8-18-31(35)34-26-30(24-25-36(34)50)51-37-22-12-9-19-32(37)39(42(51)46)41-40(45)33-20-10-13-23-38(33)52-41/h2-26H,1,27,45-46H2/b48-44-,49-43?. The van der Waals surface area contributed by atoms with Gasteiger partial charge in [0.05, 0.1) is 27.1 Å². The normalized spacial score (nSPS) is 12.4. The summed E-state index contributed by atoms with van der Waals surface area (Å²) in [5, 5.41) is 4.34. The van der Waals surface area contributed by atoms with Crippen LogP contribution in [0.2, 0.25) is 0 Å². The first-order chi connectivity index (χ1) is 25.6. The van der Waals surface area contributed by atoms with E-state index in [4.69, 9.17) is 21.5 Å². The zero-order chi connectivity index (χ0) is 35.2. The van der Waals surface area contributed by atoms with Crippen molar-refractivity contribution in [2.45, 2.75) is 6.67 Å². The first-order valence-corrected chi connectivity index (χ1v) is 17.8. The lowest BCUT2D eigenvalue weighted by Gasteiger charge is -2.10. The fourth-order valence-electron chi connectivity index (χ4n) is 7.16. The van der Waals surface area contributed by atoms with Crippen molar-refractivity contribution in [2.75, 3.05) is 11.5 Å². The van der Waals surface area contributed by atoms with Gasteiger partial charge in [-0.15, -0.1) is 11.3 Å². The molecular weight excluding hydrogens is 659 g/mol. The average Bonchev–Trinajstić information content (AvgIpc) is 3.81. The van der Waals surface area contributed by atoms with Gasteiger partial charge in [-0.2, -0.15) is 0 Å². The Labute approximate surface area is 304 Å². The van der Waals surface area contributed by atoms with Crippen LogP contribution < -0.4 is 11.5 Å². The number of anilines is 2. The number of thiophene rings is 1. The smallest absolute Gasteiger partial charge is 0.161 e. The fraction of sp³-hybridized carbons (Fsp3) is 0.0227. The maximum atomic E-state index is 7.13. The van der Waals surface area contributed by atoms with E-state index < -0.39 is 0 Å². The van der Waals surface area contributed by atoms with E-state index in [-0.39, 0.29) is 0 Å². The maximum absolute atomic E-state index is 7.13. The largest absolute Gasteiger partial charge is 0.397 e. The number of rotatable bonds is 6. The number of aromatic nitrogens is 2. The molecule has 3 aromatic heterocycles. The van der Waals surface area contributed by atoms with Gasteiger partial charge in [0.1, 0.15) is 12.5 Å². The molecule has 0 fully saturated rings. The Balaban J connectivity index is 1.19. The molecule has 8 heteroatoms. The lowest BCUT2D eigenvalue weighted by Crippen LogP contribution is -2.07. The monoisotopic (exact) mass is 691 g/mol. The molecule has 250 valence electrons. The van der Waals surface area contributed by atoms with Gasteiger partial charge in [0.15, 0.2) is 11.7 Å². The first-order valence-electron chi connectivity index (χ1n) is 17.0. The number of fused-ring (bicyclic) bond motifs is 5. The van der Waals surface area contributed by atoms with Crippen molar-refractivity contribution in [3.63, 3.8) is 0 Å². The van der Waals surface area contributed by atoms with Crippen LogP contribution in [0.1, 0.15) is 11.1 Å². The van der Waals surface area contributed by atoms with E-state index in [9.17, 15) is 0 Å². The minimum absolute atomic E-state index is 0.347. The predicted molar refractivity (Wildman–Crippen MR) is 221 cm³/mol. The Hall–Kier alpha value is -6.77. The van der Waals surface area contributed by atoms with E-state index in [1.54, 1.807) is 11.3 Å². The minimum atomic E-state index is 0.347. The summed E-state index contributed by atoms with van der Waals surface area (Å²) in [5.41, 5.74) is 21.5. The van der Waals surface area contributed by atoms with Crippen molar-refractivity contribution in [3.8, 4) is 16.1 Å². The number of nitrogens with zero attached hydrogens (tertiary/aromatic N) is 5. The summed E-state index contributed by atoms with van der Waals surface area (Å²) in [6.07, 6.45) is 0. The topological polar surface area (TPSA) is 99.0 Å². The summed E-state index contributed by atoms with van der Waals surface area (Å²) in [6, 6.07) is 51.4. The molecule has 0 unspecified atom stereocenters. The second-order valence-corrected chi connectivity index (χ2v) is 13.6. The SMILES string of the molecule is C=NC(=N/C(=N\Cn1c2ccccc2c2cc(-n3c(N)c(-c4sc5ccccc5c4N)c4ccccc43)ccc21)c1ccccc1)c1ccccc1. The molecule has 0 aliphatic rings. The van der Waals surface area contributed by atoms with Crippen LogP contribution in [0.4, 0.5) is 11.5 Å². The molecule has 9 aromatic rings. The van der Waals surface area contributed by atoms with Gasteiger partial charge in [0, 0.05) is 48.6 Å². The van der Waals surface area contributed by atoms with Gasteiger partial charge in [-0.1, -0.05) is 115 Å². The second kappa shape index (κ2) is 12.8. The average molecular weight is 692 g/mol. The van der Waals surface area contributed by atoms with Crippen molar-refractivity contribution in [3.05, 3.63) is 163 Å². The molecule has 0 saturated carbocycles. The summed E-state index contributed by atoms with van der Waals surface area (Å²) in [7, 11) is 0. The van der Waals surface area contributed by atoms with Gasteiger partial charge < -0.3 is 16.0 Å². The van der Waals surface area contributed by atoms with Crippen molar-refractivity contribution < 1.29 is 0 Å². The third-order valence-corrected chi connectivity index (χ3v) is 10.8. The number of para-hydroxylation sites is 2. The molecule has 4 N–H and O–H groups in total. The number of aliphatic imine (C=N–C) groups is 3. The number of amidine groups is 2. The molecule has 0 atom stereocenters. The van der Waals surface area contributed by atoms with Gasteiger partial charge in [-0.25, -0.2) is 15.0 Å². The van der Waals surface area contributed by atoms with E-state index in [1.165, 1.54) is 0 Å². The van der Waals surface area contributed by atoms with Crippen LogP contribution in [0.3, 0.4) is 0 Å². The van der Waals surface area contributed by atoms with E-state index in [1.807, 2.05) is 72.8 Å². The third kappa shape index (κ3) is 5.16. The van der Waals surface area contributed by atoms with Crippen molar-refractivity contribution in [1.82, 2.24) is 9.13 Å². The summed E-state index contributed by atoms with van der Waals surface area (Å²) in [6.45, 7) is 4.16. The lowest BCUT2D eigenvalue weighted by atomic mass is 10.1. The number of benzene rings is 6. The van der Waals surface area contributed by atoms with Crippen LogP contribution >= 0.6 is 11.3 Å². The molecule has 52 heavy (non-hydrogen) atoms. The highest BCUT2D eigenvalue weighted by atomic mass is 32.1. The fourth-order valence-corrected chi connectivity index (χ4v) is 8.35. The summed E-state index contributed by atoms with van der Waals surface area (Å²) >= 11 is 1.68. The van der Waals surface area contributed by atoms with Crippen molar-refractivity contribution >= 4 is 84.0 Å². The van der Waals surface area contributed by atoms with E-state index >= 15 is 0 Å². The molecule has 0 saturated heterocycles. The Morgan fingerprint density at radius 2 is 1.19 bits per heavy atom. The first kappa shape index (κ1) is 31.2. The predicted octanol–water partition coefficient (Wildman–Crippen LogP) is 10.3. The van der Waals surface area contributed by atoms with Gasteiger partial charge in [0.2, 0.25) is 0 Å². The Morgan fingerprint density at radius 3 is 1.90 bits per heavy atom. The van der Waals surface area contributed by atoms with Crippen molar-refractivity contribution in [1.29, 1.82) is 0 Å². The van der Waals surface area contributed by atoms with Crippen LogP contribution in [-0.4, -0.2) is 27.5 Å². The zero-order valence-electron chi connectivity index (χ0n) is 28.1. The highest BCUT2D eigenvalue weighted by Gasteiger charge is 2.23. The molecule has 0 radical (unpaired) electrons. The molecular formula is C44H33N7S. The number of nitrogen functional groups attached to an aromatic ring is 2. The summed E-state index contributed by atoms with van der Waals surface area (Å²) in [5.74, 6) is 1.75. The molecule has 0 spiro atoms. The quantitative estimate of drug-likeness (QED) is 0.134. The highest BCUT2D eigenvalue weighted by molar-refractivity contribution is 7.23. The molecule has 0 aliphatic heterocycles. The van der Waals surface area contributed by atoms with Crippen LogP contribution in [0.5, 0.6) is 0 Å². The maximum Gasteiger partial charge on any atom is 0.161 e. The van der Waals surface area contributed by atoms with Gasteiger partial charge in [-0.05, 0) is 43.1 Å². The van der Waals surface area contributed by atoms with Gasteiger partial charge >= 0.3 is 0 Å². The Morgan fingerprint density at radius 1 is 0.596 bits per heavy atom. The Bertz CT molecular complexity index is 2860. The highest BCUT2D eigenvalue weighted by Crippen LogP contribution is 2.48. The van der Waals surface area contributed by atoms with Crippen LogP contribution in [0.15, 0.2) is 167 Å². The van der Waals surface area contributed by atoms with E-state index in [0.29, 0.717) is 24.2 Å². The molecule has 3 heterocycles. The van der Waals surface area contributed by atoms with Crippen LogP contribution in [0.25, 0.3) is 58.9 Å². The van der Waals surface area contributed by atoms with Gasteiger partial charge in [0.25, 0.3) is 0 Å². The van der Waals surface area contributed by atoms with Crippen LogP contribution in [0, 0.1) is 0 Å². The van der Waals surface area contributed by atoms with Crippen molar-refractivity contribution in [2.24, 2.45) is 15.0 Å². The number of hydrogen-bond acceptors (Lipinski definition) is 4. The lowest BCUT2D eigenvalue weighted by molar-refractivity contribution is 0.791. The summed E-state index contributed by atoms with van der Waals surface area (Å²) in [4.78, 5) is 15.3. The molecule has 0 aliphatic carbocycles. The second-order valence-electron chi connectivity index (χ2n) is 12.5. The minimum Gasteiger partial charge on any atom is -0.397 e. The molecule has 0 bridgehead atoms.